The van der Waals surface area contributed by atoms with Crippen LogP contribution in [0.3, 0.4) is 0 Å². The van der Waals surface area contributed by atoms with Gasteiger partial charge in [0.1, 0.15) is 0 Å². The van der Waals surface area contributed by atoms with E-state index in [1.807, 2.05) is 73.4 Å². The molecule has 0 saturated carbocycles. The number of aryl methyl sites for hydroxylation is 1. The summed E-state index contributed by atoms with van der Waals surface area (Å²) in [5.41, 5.74) is 4.30. The first-order valence-electron chi connectivity index (χ1n) is 10.9. The molecule has 32 heavy (non-hydrogen) atoms. The molecule has 0 aromatic heterocycles. The fourth-order valence-electron chi connectivity index (χ4n) is 4.40. The Morgan fingerprint density at radius 1 is 1.09 bits per heavy atom. The predicted octanol–water partition coefficient (Wildman–Crippen LogP) is 6.48. The maximum absolute atomic E-state index is 13.2. The standard InChI is InChI=1S/C26H27Cl3N2O/c1-18-5-3-4-6-20(18)15-25(32)30-13-14-31(23-11-12-26(2,29)16-22(23)28)24(17-30)19-7-9-21(27)10-8-19/h3-11,16,24H,12-15,17H2,1-2H3. The van der Waals surface area contributed by atoms with Crippen molar-refractivity contribution in [3.05, 3.63) is 93.1 Å². The summed E-state index contributed by atoms with van der Waals surface area (Å²) in [6.45, 7) is 5.94. The van der Waals surface area contributed by atoms with Gasteiger partial charge in [-0.15, -0.1) is 11.6 Å². The van der Waals surface area contributed by atoms with E-state index in [1.165, 1.54) is 0 Å². The van der Waals surface area contributed by atoms with Crippen molar-refractivity contribution in [1.82, 2.24) is 9.80 Å². The molecule has 1 aliphatic carbocycles. The van der Waals surface area contributed by atoms with Crippen molar-refractivity contribution in [2.24, 2.45) is 0 Å². The molecule has 0 bridgehead atoms. The van der Waals surface area contributed by atoms with Crippen LogP contribution in [0.15, 0.2) is 71.4 Å². The predicted molar refractivity (Wildman–Crippen MR) is 133 cm³/mol. The van der Waals surface area contributed by atoms with Gasteiger partial charge in [0.2, 0.25) is 5.91 Å². The average molecular weight is 490 g/mol. The van der Waals surface area contributed by atoms with E-state index in [1.54, 1.807) is 0 Å². The van der Waals surface area contributed by atoms with Gasteiger partial charge in [-0.25, -0.2) is 0 Å². The van der Waals surface area contributed by atoms with E-state index in [-0.39, 0.29) is 11.9 Å². The molecular formula is C26H27Cl3N2O. The lowest BCUT2D eigenvalue weighted by molar-refractivity contribution is -0.133. The van der Waals surface area contributed by atoms with Crippen molar-refractivity contribution in [2.75, 3.05) is 19.6 Å². The number of halogens is 3. The van der Waals surface area contributed by atoms with E-state index in [4.69, 9.17) is 34.8 Å². The van der Waals surface area contributed by atoms with Gasteiger partial charge >= 0.3 is 0 Å². The Balaban J connectivity index is 1.59. The topological polar surface area (TPSA) is 23.6 Å². The lowest BCUT2D eigenvalue weighted by Gasteiger charge is -2.45. The molecule has 1 aliphatic heterocycles. The monoisotopic (exact) mass is 488 g/mol. The Kier molecular flexibility index (Phi) is 6.90. The van der Waals surface area contributed by atoms with Crippen LogP contribution in [0.25, 0.3) is 0 Å². The number of allylic oxidation sites excluding steroid dienone is 3. The Hall–Kier alpha value is -1.94. The molecule has 2 aromatic carbocycles. The van der Waals surface area contributed by atoms with Gasteiger partial charge in [-0.3, -0.25) is 4.79 Å². The zero-order chi connectivity index (χ0) is 22.9. The molecule has 2 unspecified atom stereocenters. The SMILES string of the molecule is Cc1ccccc1CC(=O)N1CCN(C2=CCC(C)(Cl)C=C2Cl)C(c2ccc(Cl)cc2)C1. The molecule has 0 spiro atoms. The van der Waals surface area contributed by atoms with Crippen LogP contribution in [0.5, 0.6) is 0 Å². The number of carbonyl (C=O) groups is 1. The minimum absolute atomic E-state index is 0.0186. The smallest absolute Gasteiger partial charge is 0.227 e. The molecule has 3 nitrogen and oxygen atoms in total. The fourth-order valence-corrected chi connectivity index (χ4v) is 5.19. The molecule has 2 atom stereocenters. The van der Waals surface area contributed by atoms with Crippen LogP contribution in [0.1, 0.15) is 36.1 Å². The lowest BCUT2D eigenvalue weighted by atomic mass is 9.96. The second-order valence-electron chi connectivity index (χ2n) is 8.77. The Morgan fingerprint density at radius 2 is 1.81 bits per heavy atom. The molecule has 2 aromatic rings. The molecule has 2 aliphatic rings. The molecular weight excluding hydrogens is 463 g/mol. The summed E-state index contributed by atoms with van der Waals surface area (Å²) in [5.74, 6) is 0.144. The Morgan fingerprint density at radius 3 is 2.50 bits per heavy atom. The summed E-state index contributed by atoms with van der Waals surface area (Å²) in [6, 6.07) is 15.9. The van der Waals surface area contributed by atoms with Gasteiger partial charge < -0.3 is 9.80 Å². The molecule has 6 heteroatoms. The molecule has 1 amide bonds. The van der Waals surface area contributed by atoms with Crippen molar-refractivity contribution in [3.63, 3.8) is 0 Å². The van der Waals surface area contributed by atoms with E-state index in [9.17, 15) is 4.79 Å². The summed E-state index contributed by atoms with van der Waals surface area (Å²) in [5, 5.41) is 1.35. The molecule has 0 radical (unpaired) electrons. The molecule has 4 rings (SSSR count). The normalized spacial score (nSPS) is 23.6. The number of hydrogen-bond acceptors (Lipinski definition) is 2. The second-order valence-corrected chi connectivity index (χ2v) is 10.5. The lowest BCUT2D eigenvalue weighted by Crippen LogP contribution is -2.50. The number of piperazine rings is 1. The molecule has 1 fully saturated rings. The third kappa shape index (κ3) is 5.17. The van der Waals surface area contributed by atoms with Crippen LogP contribution in [0.2, 0.25) is 5.02 Å². The number of benzene rings is 2. The largest absolute Gasteiger partial charge is 0.360 e. The highest BCUT2D eigenvalue weighted by atomic mass is 35.5. The van der Waals surface area contributed by atoms with Gasteiger partial charge in [-0.2, -0.15) is 0 Å². The van der Waals surface area contributed by atoms with Crippen molar-refractivity contribution in [2.45, 2.75) is 37.6 Å². The maximum Gasteiger partial charge on any atom is 0.227 e. The van der Waals surface area contributed by atoms with Crippen molar-refractivity contribution in [3.8, 4) is 0 Å². The maximum atomic E-state index is 13.2. The summed E-state index contributed by atoms with van der Waals surface area (Å²) in [7, 11) is 0. The summed E-state index contributed by atoms with van der Waals surface area (Å²) in [4.78, 5) is 17.0. The van der Waals surface area contributed by atoms with Crippen LogP contribution in [-0.2, 0) is 11.2 Å². The first kappa shape index (κ1) is 23.2. The Bertz CT molecular complexity index is 1060. The summed E-state index contributed by atoms with van der Waals surface area (Å²) < 4.78 is 0. The average Bonchev–Trinajstić information content (AvgIpc) is 2.75. The van der Waals surface area contributed by atoms with E-state index < -0.39 is 4.87 Å². The van der Waals surface area contributed by atoms with Crippen LogP contribution in [0.4, 0.5) is 0 Å². The van der Waals surface area contributed by atoms with E-state index in [2.05, 4.69) is 11.0 Å². The molecule has 1 saturated heterocycles. The second kappa shape index (κ2) is 9.51. The van der Waals surface area contributed by atoms with Crippen molar-refractivity contribution >= 4 is 40.7 Å². The number of amides is 1. The zero-order valence-electron chi connectivity index (χ0n) is 18.3. The minimum Gasteiger partial charge on any atom is -0.360 e. The Labute approximate surface area is 205 Å². The number of rotatable bonds is 4. The van der Waals surface area contributed by atoms with E-state index in [0.29, 0.717) is 42.5 Å². The zero-order valence-corrected chi connectivity index (χ0v) is 20.6. The van der Waals surface area contributed by atoms with Crippen molar-refractivity contribution < 1.29 is 4.79 Å². The third-order valence-electron chi connectivity index (χ3n) is 6.27. The first-order chi connectivity index (χ1) is 15.2. The highest BCUT2D eigenvalue weighted by Crippen LogP contribution is 2.39. The van der Waals surface area contributed by atoms with E-state index in [0.717, 1.165) is 22.4 Å². The minimum atomic E-state index is -0.471. The molecule has 168 valence electrons. The molecule has 0 N–H and O–H groups in total. The quantitative estimate of drug-likeness (QED) is 0.459. The number of hydrogen-bond donors (Lipinski definition) is 0. The molecule has 1 heterocycles. The van der Waals surface area contributed by atoms with Gasteiger partial charge in [0.05, 0.1) is 28.1 Å². The first-order valence-corrected chi connectivity index (χ1v) is 12.0. The van der Waals surface area contributed by atoms with Crippen molar-refractivity contribution in [1.29, 1.82) is 0 Å². The summed E-state index contributed by atoms with van der Waals surface area (Å²) >= 11 is 19.3. The van der Waals surface area contributed by atoms with Crippen LogP contribution in [0, 0.1) is 6.92 Å². The van der Waals surface area contributed by atoms with Gasteiger partial charge in [-0.1, -0.05) is 65.7 Å². The highest BCUT2D eigenvalue weighted by molar-refractivity contribution is 6.34. The van der Waals surface area contributed by atoms with Crippen LogP contribution < -0.4 is 0 Å². The van der Waals surface area contributed by atoms with Crippen LogP contribution >= 0.6 is 34.8 Å². The summed E-state index contributed by atoms with van der Waals surface area (Å²) in [6.07, 6.45) is 5.15. The number of alkyl halides is 1. The van der Waals surface area contributed by atoms with Gasteiger partial charge in [0, 0.05) is 24.7 Å². The number of nitrogens with zero attached hydrogens (tertiary/aromatic N) is 2. The van der Waals surface area contributed by atoms with Gasteiger partial charge in [0.15, 0.2) is 0 Å². The highest BCUT2D eigenvalue weighted by Gasteiger charge is 2.34. The third-order valence-corrected chi connectivity index (χ3v) is 7.09. The van der Waals surface area contributed by atoms with E-state index >= 15 is 0 Å². The van der Waals surface area contributed by atoms with Gasteiger partial charge in [0.25, 0.3) is 0 Å². The fraction of sp³-hybridized carbons (Fsp3) is 0.346. The van der Waals surface area contributed by atoms with Gasteiger partial charge in [-0.05, 0) is 55.2 Å². The van der Waals surface area contributed by atoms with Crippen LogP contribution in [-0.4, -0.2) is 40.2 Å². The number of carbonyl (C=O) groups excluding carboxylic acids is 1.